The molecule has 1 saturated carbocycles. The van der Waals surface area contributed by atoms with Crippen LogP contribution in [0, 0.1) is 31.6 Å². The first kappa shape index (κ1) is 23.7. The molecule has 0 heterocycles. The molecule has 156 valence electrons. The van der Waals surface area contributed by atoms with Crippen LogP contribution in [-0.4, -0.2) is 20.4 Å². The van der Waals surface area contributed by atoms with Gasteiger partial charge in [0.15, 0.2) is 23.0 Å². The number of benzene rings is 2. The van der Waals surface area contributed by atoms with Crippen LogP contribution in [0.1, 0.15) is 57.6 Å². The third-order valence-corrected chi connectivity index (χ3v) is 5.27. The SMILES string of the molecule is CC1CCC(C(C)C)CC1.Cc1ccc(O)c(O)c1.Cc1ccc(O)c(O)c1. The Morgan fingerprint density at radius 3 is 1.36 bits per heavy atom. The third kappa shape index (κ3) is 8.55. The molecule has 0 atom stereocenters. The van der Waals surface area contributed by atoms with E-state index in [1.165, 1.54) is 49.9 Å². The number of hydrogen-bond donors (Lipinski definition) is 4. The van der Waals surface area contributed by atoms with Crippen LogP contribution in [-0.2, 0) is 0 Å². The van der Waals surface area contributed by atoms with Gasteiger partial charge in [0, 0.05) is 0 Å². The average molecular weight is 389 g/mol. The van der Waals surface area contributed by atoms with Crippen molar-refractivity contribution in [3.8, 4) is 23.0 Å². The second kappa shape index (κ2) is 11.5. The van der Waals surface area contributed by atoms with Crippen LogP contribution in [0.4, 0.5) is 0 Å². The standard InChI is InChI=1S/C10H20.2C7H8O2/c1-8(2)10-6-4-9(3)5-7-10;2*1-5-2-3-6(8)7(9)4-5/h8-10H,4-7H2,1-3H3;2*2-4,8-9H,1H3. The van der Waals surface area contributed by atoms with E-state index in [-0.39, 0.29) is 23.0 Å². The van der Waals surface area contributed by atoms with Gasteiger partial charge in [-0.3, -0.25) is 0 Å². The molecule has 4 nitrogen and oxygen atoms in total. The highest BCUT2D eigenvalue weighted by Gasteiger charge is 2.20. The van der Waals surface area contributed by atoms with Crippen LogP contribution in [0.5, 0.6) is 23.0 Å². The minimum Gasteiger partial charge on any atom is -0.504 e. The van der Waals surface area contributed by atoms with E-state index in [4.69, 9.17) is 20.4 Å². The summed E-state index contributed by atoms with van der Waals surface area (Å²) in [6.07, 6.45) is 5.92. The van der Waals surface area contributed by atoms with Crippen LogP contribution >= 0.6 is 0 Å². The lowest BCUT2D eigenvalue weighted by Gasteiger charge is -2.28. The lowest BCUT2D eigenvalue weighted by molar-refractivity contribution is 0.234. The molecule has 2 aromatic rings. The molecule has 2 aromatic carbocycles. The van der Waals surface area contributed by atoms with Gasteiger partial charge in [0.05, 0.1) is 0 Å². The van der Waals surface area contributed by atoms with Gasteiger partial charge in [-0.2, -0.15) is 0 Å². The van der Waals surface area contributed by atoms with Crippen molar-refractivity contribution in [1.82, 2.24) is 0 Å². The summed E-state index contributed by atoms with van der Waals surface area (Å²) in [4.78, 5) is 0. The molecule has 28 heavy (non-hydrogen) atoms. The quantitative estimate of drug-likeness (QED) is 0.433. The summed E-state index contributed by atoms with van der Waals surface area (Å²) >= 11 is 0. The predicted molar refractivity (Wildman–Crippen MR) is 115 cm³/mol. The molecule has 0 spiro atoms. The first-order valence-electron chi connectivity index (χ1n) is 10.1. The molecule has 0 saturated heterocycles. The van der Waals surface area contributed by atoms with Crippen LogP contribution in [0.2, 0.25) is 0 Å². The number of rotatable bonds is 1. The minimum absolute atomic E-state index is 0.0602. The van der Waals surface area contributed by atoms with Crippen molar-refractivity contribution >= 4 is 0 Å². The lowest BCUT2D eigenvalue weighted by atomic mass is 9.78. The summed E-state index contributed by atoms with van der Waals surface area (Å²) in [6, 6.07) is 9.41. The normalized spacial score (nSPS) is 18.5. The maximum absolute atomic E-state index is 8.85. The number of aromatic hydroxyl groups is 4. The van der Waals surface area contributed by atoms with Gasteiger partial charge in [-0.1, -0.05) is 45.7 Å². The Morgan fingerprint density at radius 1 is 0.679 bits per heavy atom. The van der Waals surface area contributed by atoms with Gasteiger partial charge in [-0.15, -0.1) is 0 Å². The topological polar surface area (TPSA) is 80.9 Å². The number of hydrogen-bond acceptors (Lipinski definition) is 4. The van der Waals surface area contributed by atoms with Gasteiger partial charge in [0.1, 0.15) is 0 Å². The van der Waals surface area contributed by atoms with Crippen molar-refractivity contribution in [3.05, 3.63) is 47.5 Å². The summed E-state index contributed by atoms with van der Waals surface area (Å²) < 4.78 is 0. The zero-order chi connectivity index (χ0) is 21.3. The van der Waals surface area contributed by atoms with Gasteiger partial charge < -0.3 is 20.4 Å². The number of phenols is 4. The Morgan fingerprint density at radius 2 is 1.07 bits per heavy atom. The van der Waals surface area contributed by atoms with Gasteiger partial charge in [0.2, 0.25) is 0 Å². The summed E-state index contributed by atoms with van der Waals surface area (Å²) in [5.41, 5.74) is 1.87. The van der Waals surface area contributed by atoms with E-state index < -0.39 is 0 Å². The van der Waals surface area contributed by atoms with E-state index in [0.29, 0.717) is 0 Å². The molecule has 0 amide bonds. The molecule has 1 aliphatic carbocycles. The van der Waals surface area contributed by atoms with E-state index in [2.05, 4.69) is 20.8 Å². The van der Waals surface area contributed by atoms with Crippen molar-refractivity contribution in [2.45, 2.75) is 60.3 Å². The summed E-state index contributed by atoms with van der Waals surface area (Å²) in [5, 5.41) is 35.3. The van der Waals surface area contributed by atoms with E-state index >= 15 is 0 Å². The van der Waals surface area contributed by atoms with Crippen molar-refractivity contribution in [2.24, 2.45) is 17.8 Å². The van der Waals surface area contributed by atoms with Crippen molar-refractivity contribution in [1.29, 1.82) is 0 Å². The molecular formula is C24H36O4. The second-order valence-electron chi connectivity index (χ2n) is 8.25. The summed E-state index contributed by atoms with van der Waals surface area (Å²) in [5.74, 6) is 2.71. The molecule has 3 rings (SSSR count). The molecule has 0 bridgehead atoms. The van der Waals surface area contributed by atoms with Gasteiger partial charge in [-0.05, 0) is 79.8 Å². The van der Waals surface area contributed by atoms with Crippen LogP contribution in [0.3, 0.4) is 0 Å². The Hall–Kier alpha value is -2.36. The van der Waals surface area contributed by atoms with Gasteiger partial charge >= 0.3 is 0 Å². The Labute approximate surface area is 169 Å². The Kier molecular flexibility index (Phi) is 9.70. The Bertz CT molecular complexity index is 667. The highest BCUT2D eigenvalue weighted by Crippen LogP contribution is 2.32. The molecule has 4 N–H and O–H groups in total. The molecule has 0 radical (unpaired) electrons. The lowest BCUT2D eigenvalue weighted by Crippen LogP contribution is -2.16. The molecule has 0 unspecified atom stereocenters. The summed E-state index contributed by atoms with van der Waals surface area (Å²) in [7, 11) is 0. The highest BCUT2D eigenvalue weighted by molar-refractivity contribution is 5.40. The fourth-order valence-corrected chi connectivity index (χ4v) is 3.22. The summed E-state index contributed by atoms with van der Waals surface area (Å²) in [6.45, 7) is 10.8. The van der Waals surface area contributed by atoms with Crippen LogP contribution in [0.25, 0.3) is 0 Å². The first-order chi connectivity index (χ1) is 13.1. The predicted octanol–water partition coefficient (Wildman–Crippen LogP) is 6.28. The van der Waals surface area contributed by atoms with Crippen LogP contribution < -0.4 is 0 Å². The van der Waals surface area contributed by atoms with Crippen LogP contribution in [0.15, 0.2) is 36.4 Å². The van der Waals surface area contributed by atoms with Gasteiger partial charge in [-0.25, -0.2) is 0 Å². The van der Waals surface area contributed by atoms with Crippen molar-refractivity contribution in [3.63, 3.8) is 0 Å². The first-order valence-corrected chi connectivity index (χ1v) is 10.1. The third-order valence-electron chi connectivity index (χ3n) is 5.27. The maximum atomic E-state index is 8.85. The van der Waals surface area contributed by atoms with Gasteiger partial charge in [0.25, 0.3) is 0 Å². The molecule has 0 aromatic heterocycles. The van der Waals surface area contributed by atoms with E-state index in [1.807, 2.05) is 13.8 Å². The average Bonchev–Trinajstić information content (AvgIpc) is 2.63. The maximum Gasteiger partial charge on any atom is 0.157 e. The fraction of sp³-hybridized carbons (Fsp3) is 0.500. The molecular weight excluding hydrogens is 352 g/mol. The largest absolute Gasteiger partial charge is 0.504 e. The molecule has 4 heteroatoms. The number of phenolic OH excluding ortho intramolecular Hbond substituents is 4. The fourth-order valence-electron chi connectivity index (χ4n) is 3.22. The van der Waals surface area contributed by atoms with E-state index in [9.17, 15) is 0 Å². The van der Waals surface area contributed by atoms with E-state index in [1.54, 1.807) is 12.1 Å². The number of aryl methyl sites for hydroxylation is 2. The minimum atomic E-state index is -0.0689. The smallest absolute Gasteiger partial charge is 0.157 e. The molecule has 1 aliphatic rings. The van der Waals surface area contributed by atoms with Crippen molar-refractivity contribution < 1.29 is 20.4 Å². The zero-order valence-electron chi connectivity index (χ0n) is 17.8. The Balaban J connectivity index is 0.000000210. The molecule has 0 aliphatic heterocycles. The molecule has 1 fully saturated rings. The van der Waals surface area contributed by atoms with E-state index in [0.717, 1.165) is 28.9 Å². The van der Waals surface area contributed by atoms with Crippen molar-refractivity contribution in [2.75, 3.05) is 0 Å². The zero-order valence-corrected chi connectivity index (χ0v) is 17.8. The second-order valence-corrected chi connectivity index (χ2v) is 8.25. The monoisotopic (exact) mass is 388 g/mol. The highest BCUT2D eigenvalue weighted by atomic mass is 16.3.